The van der Waals surface area contributed by atoms with Crippen molar-refractivity contribution in [1.29, 1.82) is 0 Å². The first kappa shape index (κ1) is 13.8. The summed E-state index contributed by atoms with van der Waals surface area (Å²) < 4.78 is 13.8. The van der Waals surface area contributed by atoms with E-state index in [1.807, 2.05) is 12.1 Å². The molecule has 0 radical (unpaired) electrons. The second-order valence-corrected chi connectivity index (χ2v) is 5.74. The van der Waals surface area contributed by atoms with E-state index >= 15 is 0 Å². The molecule has 1 fully saturated rings. The lowest BCUT2D eigenvalue weighted by Gasteiger charge is -2.15. The van der Waals surface area contributed by atoms with Gasteiger partial charge in [0.05, 0.1) is 6.54 Å². The van der Waals surface area contributed by atoms with Crippen LogP contribution in [0.3, 0.4) is 0 Å². The highest BCUT2D eigenvalue weighted by atomic mass is 19.1. The number of rotatable bonds is 5. The number of nitrogens with two attached hydrogens (primary N) is 1. The number of hydrogen-bond donors (Lipinski definition) is 2. The molecular formula is C15H22FN3. The Morgan fingerprint density at radius 1 is 1.42 bits per heavy atom. The summed E-state index contributed by atoms with van der Waals surface area (Å²) in [4.78, 5) is 4.36. The molecule has 0 amide bonds. The number of halogens is 1. The van der Waals surface area contributed by atoms with Gasteiger partial charge in [-0.1, -0.05) is 32.0 Å². The minimum absolute atomic E-state index is 0.129. The first-order valence-corrected chi connectivity index (χ1v) is 6.82. The fourth-order valence-electron chi connectivity index (χ4n) is 2.16. The van der Waals surface area contributed by atoms with E-state index in [-0.39, 0.29) is 11.2 Å². The second kappa shape index (κ2) is 5.59. The maximum Gasteiger partial charge on any atom is 0.188 e. The lowest BCUT2D eigenvalue weighted by atomic mass is 9.95. The topological polar surface area (TPSA) is 50.4 Å². The normalized spacial score (nSPS) is 17.6. The van der Waals surface area contributed by atoms with E-state index in [9.17, 15) is 4.39 Å². The number of nitrogens with zero attached hydrogens (tertiary/aromatic N) is 1. The van der Waals surface area contributed by atoms with Crippen molar-refractivity contribution in [2.45, 2.75) is 32.1 Å². The van der Waals surface area contributed by atoms with Crippen LogP contribution in [-0.2, 0) is 5.41 Å². The van der Waals surface area contributed by atoms with Crippen molar-refractivity contribution in [3.63, 3.8) is 0 Å². The van der Waals surface area contributed by atoms with Crippen LogP contribution >= 0.6 is 0 Å². The van der Waals surface area contributed by atoms with E-state index in [2.05, 4.69) is 24.2 Å². The first-order chi connectivity index (χ1) is 9.03. The minimum Gasteiger partial charge on any atom is -0.370 e. The van der Waals surface area contributed by atoms with Crippen LogP contribution in [0.4, 0.5) is 4.39 Å². The van der Waals surface area contributed by atoms with Crippen molar-refractivity contribution in [1.82, 2.24) is 5.32 Å². The molecule has 1 aliphatic rings. The molecule has 19 heavy (non-hydrogen) atoms. The third-order valence-corrected chi connectivity index (χ3v) is 3.54. The predicted octanol–water partition coefficient (Wildman–Crippen LogP) is 2.42. The highest BCUT2D eigenvalue weighted by Crippen LogP contribution is 2.49. The van der Waals surface area contributed by atoms with Gasteiger partial charge in [0, 0.05) is 12.0 Å². The zero-order chi connectivity index (χ0) is 13.9. The highest BCUT2D eigenvalue weighted by Gasteiger charge is 2.45. The zero-order valence-electron chi connectivity index (χ0n) is 11.6. The number of hydrogen-bond acceptors (Lipinski definition) is 1. The van der Waals surface area contributed by atoms with E-state index in [0.29, 0.717) is 18.4 Å². The number of guanidine groups is 1. The molecule has 2 rings (SSSR count). The Balaban J connectivity index is 1.99. The molecular weight excluding hydrogens is 241 g/mol. The molecule has 4 heteroatoms. The fraction of sp³-hybridized carbons (Fsp3) is 0.533. The summed E-state index contributed by atoms with van der Waals surface area (Å²) in [5, 5.41) is 3.08. The van der Waals surface area contributed by atoms with Crippen molar-refractivity contribution < 1.29 is 4.39 Å². The maximum atomic E-state index is 13.8. The molecule has 0 spiro atoms. The van der Waals surface area contributed by atoms with Gasteiger partial charge in [-0.3, -0.25) is 4.99 Å². The molecule has 1 saturated carbocycles. The van der Waals surface area contributed by atoms with Crippen LogP contribution in [0, 0.1) is 11.7 Å². The summed E-state index contributed by atoms with van der Waals surface area (Å²) in [7, 11) is 0. The molecule has 0 aliphatic heterocycles. The lowest BCUT2D eigenvalue weighted by Crippen LogP contribution is -2.35. The van der Waals surface area contributed by atoms with Crippen LogP contribution < -0.4 is 11.1 Å². The smallest absolute Gasteiger partial charge is 0.188 e. The molecule has 1 aromatic rings. The summed E-state index contributed by atoms with van der Waals surface area (Å²) in [6, 6.07) is 6.97. The molecule has 1 aromatic carbocycles. The number of aliphatic imine (C=N–C) groups is 1. The molecule has 0 saturated heterocycles. The average molecular weight is 263 g/mol. The standard InChI is InChI=1S/C15H22FN3/c1-11(2)9-18-14(17)19-10-15(7-8-15)12-5-3-4-6-13(12)16/h3-6,11H,7-10H2,1-2H3,(H3,17,18,19). The van der Waals surface area contributed by atoms with Crippen LogP contribution in [0.2, 0.25) is 0 Å². The van der Waals surface area contributed by atoms with E-state index in [1.54, 1.807) is 6.07 Å². The SMILES string of the molecule is CC(C)CNC(N)=NCC1(c2ccccc2F)CC1. The van der Waals surface area contributed by atoms with Crippen LogP contribution in [-0.4, -0.2) is 19.0 Å². The van der Waals surface area contributed by atoms with E-state index < -0.39 is 0 Å². The monoisotopic (exact) mass is 263 g/mol. The second-order valence-electron chi connectivity index (χ2n) is 5.74. The van der Waals surface area contributed by atoms with E-state index in [0.717, 1.165) is 24.9 Å². The number of benzene rings is 1. The van der Waals surface area contributed by atoms with Crippen LogP contribution in [0.1, 0.15) is 32.3 Å². The molecule has 0 heterocycles. The van der Waals surface area contributed by atoms with Gasteiger partial charge in [-0.15, -0.1) is 0 Å². The van der Waals surface area contributed by atoms with Crippen molar-refractivity contribution in [2.24, 2.45) is 16.6 Å². The van der Waals surface area contributed by atoms with E-state index in [1.165, 1.54) is 6.07 Å². The first-order valence-electron chi connectivity index (χ1n) is 6.82. The lowest BCUT2D eigenvalue weighted by molar-refractivity contribution is 0.571. The van der Waals surface area contributed by atoms with Gasteiger partial charge in [0.2, 0.25) is 0 Å². The van der Waals surface area contributed by atoms with Crippen LogP contribution in [0.25, 0.3) is 0 Å². The van der Waals surface area contributed by atoms with Gasteiger partial charge in [0.25, 0.3) is 0 Å². The Bertz CT molecular complexity index is 464. The Morgan fingerprint density at radius 2 is 2.11 bits per heavy atom. The zero-order valence-corrected chi connectivity index (χ0v) is 11.6. The van der Waals surface area contributed by atoms with Gasteiger partial charge >= 0.3 is 0 Å². The summed E-state index contributed by atoms with van der Waals surface area (Å²) in [6.07, 6.45) is 1.96. The van der Waals surface area contributed by atoms with Gasteiger partial charge < -0.3 is 11.1 Å². The summed E-state index contributed by atoms with van der Waals surface area (Å²) in [5.41, 5.74) is 6.46. The maximum absolute atomic E-state index is 13.8. The Hall–Kier alpha value is -1.58. The Kier molecular flexibility index (Phi) is 4.08. The van der Waals surface area contributed by atoms with Crippen molar-refractivity contribution in [2.75, 3.05) is 13.1 Å². The van der Waals surface area contributed by atoms with Crippen molar-refractivity contribution in [3.8, 4) is 0 Å². The molecule has 0 bridgehead atoms. The molecule has 1 aliphatic carbocycles. The molecule has 104 valence electrons. The minimum atomic E-state index is -0.135. The van der Waals surface area contributed by atoms with Crippen molar-refractivity contribution >= 4 is 5.96 Å². The third-order valence-electron chi connectivity index (χ3n) is 3.54. The molecule has 0 aromatic heterocycles. The van der Waals surface area contributed by atoms with Gasteiger partial charge in [-0.2, -0.15) is 0 Å². The summed E-state index contributed by atoms with van der Waals surface area (Å²) in [6.45, 7) is 5.59. The number of nitrogens with one attached hydrogen (secondary N) is 1. The van der Waals surface area contributed by atoms with Crippen LogP contribution in [0.15, 0.2) is 29.3 Å². The Morgan fingerprint density at radius 3 is 2.68 bits per heavy atom. The highest BCUT2D eigenvalue weighted by molar-refractivity contribution is 5.77. The third kappa shape index (κ3) is 3.46. The average Bonchev–Trinajstić information content (AvgIpc) is 3.15. The molecule has 0 atom stereocenters. The predicted molar refractivity (Wildman–Crippen MR) is 76.6 cm³/mol. The van der Waals surface area contributed by atoms with Crippen molar-refractivity contribution in [3.05, 3.63) is 35.6 Å². The van der Waals surface area contributed by atoms with Gasteiger partial charge in [-0.25, -0.2) is 4.39 Å². The van der Waals surface area contributed by atoms with Crippen LogP contribution in [0.5, 0.6) is 0 Å². The molecule has 0 unspecified atom stereocenters. The van der Waals surface area contributed by atoms with Gasteiger partial charge in [-0.05, 0) is 30.4 Å². The fourth-order valence-corrected chi connectivity index (χ4v) is 2.16. The summed E-state index contributed by atoms with van der Waals surface area (Å²) >= 11 is 0. The largest absolute Gasteiger partial charge is 0.370 e. The molecule has 3 N–H and O–H groups in total. The summed E-state index contributed by atoms with van der Waals surface area (Å²) in [5.74, 6) is 0.843. The Labute approximate surface area is 114 Å². The molecule has 3 nitrogen and oxygen atoms in total. The van der Waals surface area contributed by atoms with Gasteiger partial charge in [0.1, 0.15) is 5.82 Å². The quantitative estimate of drug-likeness (QED) is 0.633. The van der Waals surface area contributed by atoms with Gasteiger partial charge in [0.15, 0.2) is 5.96 Å². The van der Waals surface area contributed by atoms with E-state index in [4.69, 9.17) is 5.73 Å².